The Morgan fingerprint density at radius 3 is 2.80 bits per heavy atom. The van der Waals surface area contributed by atoms with E-state index in [0.29, 0.717) is 10.7 Å². The largest absolute Gasteiger partial charge is 0.398 e. The highest BCUT2D eigenvalue weighted by atomic mass is 35.5. The number of nitrogens with two attached hydrogens (primary N) is 1. The number of pyridine rings is 1. The summed E-state index contributed by atoms with van der Waals surface area (Å²) < 4.78 is 0. The molecule has 0 saturated carbocycles. The normalized spacial score (nSPS) is 10.8. The Labute approximate surface area is 127 Å². The summed E-state index contributed by atoms with van der Waals surface area (Å²) in [5.74, 6) is 0.878. The van der Waals surface area contributed by atoms with Crippen molar-refractivity contribution in [2.75, 3.05) is 5.73 Å². The number of fused-ring (bicyclic) bond motifs is 1. The van der Waals surface area contributed by atoms with E-state index in [9.17, 15) is 0 Å². The average molecular weight is 301 g/mol. The van der Waals surface area contributed by atoms with E-state index in [1.54, 1.807) is 11.8 Å². The number of halogens is 1. The molecule has 0 saturated heterocycles. The van der Waals surface area contributed by atoms with Crippen LogP contribution in [0.1, 0.15) is 5.56 Å². The second kappa shape index (κ2) is 5.73. The Balaban J connectivity index is 1.85. The molecule has 1 heterocycles. The number of aromatic nitrogens is 1. The first-order chi connectivity index (χ1) is 9.74. The van der Waals surface area contributed by atoms with Crippen LogP contribution >= 0.6 is 23.4 Å². The van der Waals surface area contributed by atoms with Gasteiger partial charge in [0.1, 0.15) is 0 Å². The van der Waals surface area contributed by atoms with Gasteiger partial charge < -0.3 is 5.73 Å². The lowest BCUT2D eigenvalue weighted by Gasteiger charge is -2.07. The first kappa shape index (κ1) is 13.3. The zero-order chi connectivity index (χ0) is 13.9. The van der Waals surface area contributed by atoms with Gasteiger partial charge in [-0.1, -0.05) is 29.8 Å². The van der Waals surface area contributed by atoms with Gasteiger partial charge in [-0.3, -0.25) is 4.98 Å². The van der Waals surface area contributed by atoms with Gasteiger partial charge in [0, 0.05) is 22.2 Å². The molecule has 1 aromatic heterocycles. The van der Waals surface area contributed by atoms with E-state index in [-0.39, 0.29) is 0 Å². The fourth-order valence-electron chi connectivity index (χ4n) is 2.04. The zero-order valence-electron chi connectivity index (χ0n) is 10.7. The van der Waals surface area contributed by atoms with Gasteiger partial charge in [0.05, 0.1) is 16.2 Å². The highest BCUT2D eigenvalue weighted by molar-refractivity contribution is 7.98. The van der Waals surface area contributed by atoms with Crippen molar-refractivity contribution in [3.8, 4) is 0 Å². The van der Waals surface area contributed by atoms with Crippen LogP contribution in [0.15, 0.2) is 59.6 Å². The Bertz CT molecular complexity index is 753. The maximum absolute atomic E-state index is 6.04. The minimum atomic E-state index is 0.606. The number of rotatable bonds is 3. The number of thioether (sulfide) groups is 1. The quantitative estimate of drug-likeness (QED) is 0.560. The highest BCUT2D eigenvalue weighted by Gasteiger charge is 2.04. The van der Waals surface area contributed by atoms with Crippen molar-refractivity contribution in [2.45, 2.75) is 10.6 Å². The van der Waals surface area contributed by atoms with Crippen molar-refractivity contribution in [1.29, 1.82) is 0 Å². The molecular formula is C16H13ClN2S. The molecule has 0 unspecified atom stereocenters. The smallest absolute Gasteiger partial charge is 0.0705 e. The van der Waals surface area contributed by atoms with Crippen LogP contribution in [0, 0.1) is 0 Å². The van der Waals surface area contributed by atoms with Gasteiger partial charge in [-0.2, -0.15) is 0 Å². The highest BCUT2D eigenvalue weighted by Crippen LogP contribution is 2.30. The summed E-state index contributed by atoms with van der Waals surface area (Å²) in [6.45, 7) is 0. The second-order valence-corrected chi connectivity index (χ2v) is 5.92. The van der Waals surface area contributed by atoms with E-state index in [1.165, 1.54) is 10.9 Å². The number of hydrogen-bond donors (Lipinski definition) is 1. The van der Waals surface area contributed by atoms with Crippen molar-refractivity contribution < 1.29 is 0 Å². The van der Waals surface area contributed by atoms with E-state index in [2.05, 4.69) is 17.1 Å². The maximum atomic E-state index is 6.04. The SMILES string of the molecule is Nc1ccc(SCc2ccnc3ccccc23)cc1Cl. The lowest BCUT2D eigenvalue weighted by molar-refractivity contribution is 1.34. The molecule has 3 rings (SSSR count). The van der Waals surface area contributed by atoms with Crippen LogP contribution in [0.3, 0.4) is 0 Å². The third-order valence-electron chi connectivity index (χ3n) is 3.11. The third-order valence-corrected chi connectivity index (χ3v) is 4.48. The topological polar surface area (TPSA) is 38.9 Å². The first-order valence-corrected chi connectivity index (χ1v) is 7.61. The molecule has 0 aliphatic rings. The van der Waals surface area contributed by atoms with Gasteiger partial charge in [0.2, 0.25) is 0 Å². The van der Waals surface area contributed by atoms with E-state index in [0.717, 1.165) is 16.2 Å². The zero-order valence-corrected chi connectivity index (χ0v) is 12.3. The molecule has 0 fully saturated rings. The molecule has 0 spiro atoms. The molecule has 4 heteroatoms. The molecule has 0 atom stereocenters. The van der Waals surface area contributed by atoms with Crippen molar-refractivity contribution in [3.05, 3.63) is 65.3 Å². The number of nitrogens with zero attached hydrogens (tertiary/aromatic N) is 1. The summed E-state index contributed by atoms with van der Waals surface area (Å²) in [7, 11) is 0. The number of hydrogen-bond acceptors (Lipinski definition) is 3. The van der Waals surface area contributed by atoms with Crippen LogP contribution in [-0.2, 0) is 5.75 Å². The van der Waals surface area contributed by atoms with Gasteiger partial charge in [-0.25, -0.2) is 0 Å². The Kier molecular flexibility index (Phi) is 3.81. The Hall–Kier alpha value is -1.71. The molecule has 20 heavy (non-hydrogen) atoms. The predicted octanol–water partition coefficient (Wildman–Crippen LogP) is 4.76. The summed E-state index contributed by atoms with van der Waals surface area (Å²) >= 11 is 7.79. The third kappa shape index (κ3) is 2.74. The minimum absolute atomic E-state index is 0.606. The van der Waals surface area contributed by atoms with E-state index >= 15 is 0 Å². The predicted molar refractivity (Wildman–Crippen MR) is 87.2 cm³/mol. The van der Waals surface area contributed by atoms with Crippen LogP contribution in [0.5, 0.6) is 0 Å². The second-order valence-electron chi connectivity index (χ2n) is 4.46. The number of benzene rings is 2. The summed E-state index contributed by atoms with van der Waals surface area (Å²) in [5.41, 5.74) is 8.64. The Morgan fingerprint density at radius 1 is 1.10 bits per heavy atom. The summed E-state index contributed by atoms with van der Waals surface area (Å²) in [4.78, 5) is 5.49. The van der Waals surface area contributed by atoms with Crippen molar-refractivity contribution in [1.82, 2.24) is 4.98 Å². The maximum Gasteiger partial charge on any atom is 0.0705 e. The minimum Gasteiger partial charge on any atom is -0.398 e. The number of para-hydroxylation sites is 1. The molecule has 0 amide bonds. The molecule has 0 aliphatic heterocycles. The van der Waals surface area contributed by atoms with Crippen LogP contribution in [-0.4, -0.2) is 4.98 Å². The van der Waals surface area contributed by atoms with Crippen LogP contribution in [0.2, 0.25) is 5.02 Å². The number of anilines is 1. The molecule has 100 valence electrons. The van der Waals surface area contributed by atoms with Crippen LogP contribution < -0.4 is 5.73 Å². The molecule has 2 aromatic carbocycles. The van der Waals surface area contributed by atoms with Gasteiger partial charge in [0.15, 0.2) is 0 Å². The molecule has 0 bridgehead atoms. The van der Waals surface area contributed by atoms with Gasteiger partial charge in [-0.05, 0) is 35.9 Å². The average Bonchev–Trinajstić information content (AvgIpc) is 2.48. The van der Waals surface area contributed by atoms with Crippen LogP contribution in [0.4, 0.5) is 5.69 Å². The van der Waals surface area contributed by atoms with E-state index in [4.69, 9.17) is 17.3 Å². The molecular weight excluding hydrogens is 288 g/mol. The fraction of sp³-hybridized carbons (Fsp3) is 0.0625. The van der Waals surface area contributed by atoms with Crippen LogP contribution in [0.25, 0.3) is 10.9 Å². The lowest BCUT2D eigenvalue weighted by Crippen LogP contribution is -1.88. The first-order valence-electron chi connectivity index (χ1n) is 6.24. The number of nitrogen functional groups attached to an aromatic ring is 1. The summed E-state index contributed by atoms with van der Waals surface area (Å²) in [6, 6.07) is 16.0. The molecule has 2 nitrogen and oxygen atoms in total. The fourth-order valence-corrected chi connectivity index (χ4v) is 3.22. The van der Waals surface area contributed by atoms with Crippen molar-refractivity contribution in [2.24, 2.45) is 0 Å². The van der Waals surface area contributed by atoms with Crippen molar-refractivity contribution >= 4 is 40.0 Å². The monoisotopic (exact) mass is 300 g/mol. The standard InChI is InChI=1S/C16H13ClN2S/c17-14-9-12(5-6-15(14)18)20-10-11-7-8-19-16-4-2-1-3-13(11)16/h1-9H,10,18H2. The van der Waals surface area contributed by atoms with Gasteiger partial charge in [0.25, 0.3) is 0 Å². The molecule has 3 aromatic rings. The van der Waals surface area contributed by atoms with Crippen molar-refractivity contribution in [3.63, 3.8) is 0 Å². The Morgan fingerprint density at radius 2 is 1.95 bits per heavy atom. The lowest BCUT2D eigenvalue weighted by atomic mass is 10.1. The molecule has 2 N–H and O–H groups in total. The van der Waals surface area contributed by atoms with Gasteiger partial charge >= 0.3 is 0 Å². The van der Waals surface area contributed by atoms with E-state index < -0.39 is 0 Å². The van der Waals surface area contributed by atoms with E-state index in [1.807, 2.05) is 42.6 Å². The molecule has 0 radical (unpaired) electrons. The molecule has 0 aliphatic carbocycles. The summed E-state index contributed by atoms with van der Waals surface area (Å²) in [5, 5.41) is 1.80. The summed E-state index contributed by atoms with van der Waals surface area (Å²) in [6.07, 6.45) is 1.86. The van der Waals surface area contributed by atoms with Gasteiger partial charge in [-0.15, -0.1) is 11.8 Å².